The highest BCUT2D eigenvalue weighted by Gasteiger charge is 2.44. The number of benzene rings is 2. The van der Waals surface area contributed by atoms with Crippen molar-refractivity contribution in [2.75, 3.05) is 44.8 Å². The summed E-state index contributed by atoms with van der Waals surface area (Å²) >= 11 is 0. The van der Waals surface area contributed by atoms with Crippen LogP contribution >= 0.6 is 0 Å². The molecule has 8 heteroatoms. The van der Waals surface area contributed by atoms with Crippen molar-refractivity contribution in [1.29, 1.82) is 0 Å². The van der Waals surface area contributed by atoms with Gasteiger partial charge < -0.3 is 24.0 Å². The van der Waals surface area contributed by atoms with Crippen LogP contribution in [-0.4, -0.2) is 62.6 Å². The zero-order valence-electron chi connectivity index (χ0n) is 21.2. The summed E-state index contributed by atoms with van der Waals surface area (Å²) in [6, 6.07) is 13.2. The number of ether oxygens (including phenoxy) is 3. The van der Waals surface area contributed by atoms with Gasteiger partial charge in [-0.25, -0.2) is 4.79 Å². The summed E-state index contributed by atoms with van der Waals surface area (Å²) in [7, 11) is 1.53. The summed E-state index contributed by atoms with van der Waals surface area (Å²) in [5, 5.41) is 0. The van der Waals surface area contributed by atoms with E-state index in [2.05, 4.69) is 11.8 Å². The Hall–Kier alpha value is -3.55. The van der Waals surface area contributed by atoms with Crippen LogP contribution in [0.25, 0.3) is 0 Å². The van der Waals surface area contributed by atoms with E-state index < -0.39 is 5.97 Å². The Labute approximate surface area is 212 Å². The lowest BCUT2D eigenvalue weighted by molar-refractivity contribution is -0.132. The van der Waals surface area contributed by atoms with E-state index in [9.17, 15) is 14.4 Å². The average molecular weight is 495 g/mol. The minimum absolute atomic E-state index is 0.0840. The average Bonchev–Trinajstić information content (AvgIpc) is 3.69. The van der Waals surface area contributed by atoms with Gasteiger partial charge in [-0.2, -0.15) is 0 Å². The number of piperazine rings is 1. The van der Waals surface area contributed by atoms with E-state index in [0.29, 0.717) is 49.8 Å². The van der Waals surface area contributed by atoms with Gasteiger partial charge in [-0.15, -0.1) is 0 Å². The fraction of sp³-hybridized carbons (Fsp3) is 0.464. The Kier molecular flexibility index (Phi) is 8.13. The number of anilines is 1. The Morgan fingerprint density at radius 2 is 1.78 bits per heavy atom. The Bertz CT molecular complexity index is 1110. The van der Waals surface area contributed by atoms with Crippen LogP contribution in [0, 0.1) is 5.92 Å². The highest BCUT2D eigenvalue weighted by molar-refractivity contribution is 6.01. The lowest BCUT2D eigenvalue weighted by Crippen LogP contribution is -2.49. The van der Waals surface area contributed by atoms with Crippen LogP contribution in [-0.2, 0) is 9.53 Å². The normalized spacial score (nSPS) is 19.0. The van der Waals surface area contributed by atoms with Gasteiger partial charge in [-0.3, -0.25) is 9.59 Å². The van der Waals surface area contributed by atoms with Crippen LogP contribution in [0.1, 0.15) is 54.9 Å². The first-order valence-corrected chi connectivity index (χ1v) is 12.6. The van der Waals surface area contributed by atoms with Crippen LogP contribution in [0.4, 0.5) is 10.5 Å². The Morgan fingerprint density at radius 1 is 1.00 bits per heavy atom. The SMILES string of the molecule is CCCCOC(=O)N1CCN(c2cccc(C(=O)C3CC3c3ccc(OC(C)=O)c(OC)c3)c2)CC1. The molecule has 2 unspecified atom stereocenters. The molecule has 8 nitrogen and oxygen atoms in total. The van der Waals surface area contributed by atoms with Gasteiger partial charge in [-0.05, 0) is 48.6 Å². The predicted octanol–water partition coefficient (Wildman–Crippen LogP) is 4.67. The number of rotatable bonds is 9. The molecule has 1 amide bonds. The number of carbonyl (C=O) groups excluding carboxylic acids is 3. The Balaban J connectivity index is 1.36. The first kappa shape index (κ1) is 25.5. The van der Waals surface area contributed by atoms with E-state index in [4.69, 9.17) is 14.2 Å². The molecule has 2 aromatic carbocycles. The number of ketones is 1. The molecular formula is C28H34N2O6. The molecule has 1 aliphatic heterocycles. The number of nitrogens with zero attached hydrogens (tertiary/aromatic N) is 2. The molecule has 36 heavy (non-hydrogen) atoms. The van der Waals surface area contributed by atoms with Crippen molar-refractivity contribution in [2.45, 2.75) is 39.0 Å². The van der Waals surface area contributed by atoms with Crippen molar-refractivity contribution < 1.29 is 28.6 Å². The van der Waals surface area contributed by atoms with Gasteiger partial charge >= 0.3 is 12.1 Å². The van der Waals surface area contributed by atoms with Crippen molar-refractivity contribution in [2.24, 2.45) is 5.92 Å². The molecule has 2 fully saturated rings. The van der Waals surface area contributed by atoms with E-state index in [1.165, 1.54) is 14.0 Å². The van der Waals surface area contributed by atoms with Crippen LogP contribution in [0.15, 0.2) is 42.5 Å². The summed E-state index contributed by atoms with van der Waals surface area (Å²) < 4.78 is 15.9. The second-order valence-electron chi connectivity index (χ2n) is 9.31. The van der Waals surface area contributed by atoms with Crippen LogP contribution in [0.2, 0.25) is 0 Å². The molecule has 1 saturated heterocycles. The number of amides is 1. The van der Waals surface area contributed by atoms with E-state index >= 15 is 0 Å². The van der Waals surface area contributed by atoms with Gasteiger partial charge in [0.1, 0.15) is 0 Å². The molecule has 2 aromatic rings. The third kappa shape index (κ3) is 5.98. The molecule has 1 heterocycles. The lowest BCUT2D eigenvalue weighted by atomic mass is 10.0. The number of hydrogen-bond acceptors (Lipinski definition) is 7. The third-order valence-corrected chi connectivity index (χ3v) is 6.75. The van der Waals surface area contributed by atoms with Gasteiger partial charge in [0, 0.05) is 50.3 Å². The summed E-state index contributed by atoms with van der Waals surface area (Å²) in [6.45, 7) is 6.46. The van der Waals surface area contributed by atoms with Crippen molar-refractivity contribution in [3.05, 3.63) is 53.6 Å². The minimum Gasteiger partial charge on any atom is -0.493 e. The summed E-state index contributed by atoms with van der Waals surface area (Å²) in [5.41, 5.74) is 2.69. The van der Waals surface area contributed by atoms with Crippen molar-refractivity contribution in [3.8, 4) is 11.5 Å². The first-order valence-electron chi connectivity index (χ1n) is 12.6. The zero-order chi connectivity index (χ0) is 25.7. The van der Waals surface area contributed by atoms with Gasteiger partial charge in [0.05, 0.1) is 13.7 Å². The largest absolute Gasteiger partial charge is 0.493 e. The molecule has 0 radical (unpaired) electrons. The quantitative estimate of drug-likeness (QED) is 0.217. The molecule has 1 saturated carbocycles. The third-order valence-electron chi connectivity index (χ3n) is 6.75. The van der Waals surface area contributed by atoms with Crippen molar-refractivity contribution >= 4 is 23.5 Å². The molecule has 192 valence electrons. The number of carbonyl (C=O) groups is 3. The van der Waals surface area contributed by atoms with Gasteiger partial charge in [0.2, 0.25) is 0 Å². The van der Waals surface area contributed by atoms with Crippen molar-refractivity contribution in [3.63, 3.8) is 0 Å². The first-order chi connectivity index (χ1) is 17.4. The maximum absolute atomic E-state index is 13.3. The highest BCUT2D eigenvalue weighted by atomic mass is 16.6. The smallest absolute Gasteiger partial charge is 0.409 e. The summed E-state index contributed by atoms with van der Waals surface area (Å²) in [5.74, 6) is 0.607. The molecule has 0 aromatic heterocycles. The van der Waals surface area contributed by atoms with E-state index in [-0.39, 0.29) is 23.7 Å². The molecule has 0 N–H and O–H groups in total. The summed E-state index contributed by atoms with van der Waals surface area (Å²) in [6.07, 6.45) is 2.40. The predicted molar refractivity (Wildman–Crippen MR) is 136 cm³/mol. The fourth-order valence-electron chi connectivity index (χ4n) is 4.62. The molecule has 0 spiro atoms. The highest BCUT2D eigenvalue weighted by Crippen LogP contribution is 2.50. The minimum atomic E-state index is -0.409. The van der Waals surface area contributed by atoms with Crippen LogP contribution < -0.4 is 14.4 Å². The molecule has 4 rings (SSSR count). The molecule has 2 aliphatic rings. The van der Waals surface area contributed by atoms with E-state index in [1.54, 1.807) is 11.0 Å². The number of esters is 1. The van der Waals surface area contributed by atoms with Gasteiger partial charge in [-0.1, -0.05) is 31.5 Å². The standard InChI is InChI=1S/C28H34N2O6/c1-4-5-15-35-28(33)30-13-11-29(12-14-30)22-8-6-7-21(16-22)27(32)24-18-23(24)20-9-10-25(36-19(2)31)26(17-20)34-3/h6-10,16-17,23-24H,4-5,11-15,18H2,1-3H3. The van der Waals surface area contributed by atoms with E-state index in [1.807, 2.05) is 36.4 Å². The second kappa shape index (κ2) is 11.5. The molecule has 2 atom stereocenters. The topological polar surface area (TPSA) is 85.4 Å². The summed E-state index contributed by atoms with van der Waals surface area (Å²) in [4.78, 5) is 40.7. The monoisotopic (exact) mass is 494 g/mol. The van der Waals surface area contributed by atoms with E-state index in [0.717, 1.165) is 30.5 Å². The molecule has 0 bridgehead atoms. The number of hydrogen-bond donors (Lipinski definition) is 0. The van der Waals surface area contributed by atoms with Crippen LogP contribution in [0.3, 0.4) is 0 Å². The van der Waals surface area contributed by atoms with Gasteiger partial charge in [0.25, 0.3) is 0 Å². The zero-order valence-corrected chi connectivity index (χ0v) is 21.2. The fourth-order valence-corrected chi connectivity index (χ4v) is 4.62. The Morgan fingerprint density at radius 3 is 2.47 bits per heavy atom. The molecule has 1 aliphatic carbocycles. The molecular weight excluding hydrogens is 460 g/mol. The number of Topliss-reactive ketones (excluding diaryl/α,β-unsaturated/α-hetero) is 1. The number of unbranched alkanes of at least 4 members (excludes halogenated alkanes) is 1. The van der Waals surface area contributed by atoms with Crippen LogP contribution in [0.5, 0.6) is 11.5 Å². The maximum atomic E-state index is 13.3. The number of methoxy groups -OCH3 is 1. The van der Waals surface area contributed by atoms with Crippen molar-refractivity contribution in [1.82, 2.24) is 4.90 Å². The maximum Gasteiger partial charge on any atom is 0.409 e. The lowest BCUT2D eigenvalue weighted by Gasteiger charge is -2.35. The second-order valence-corrected chi connectivity index (χ2v) is 9.31. The van der Waals surface area contributed by atoms with Gasteiger partial charge in [0.15, 0.2) is 17.3 Å².